The molecular formula is C18H20N2O7. The molecule has 0 aliphatic carbocycles. The highest BCUT2D eigenvalue weighted by molar-refractivity contribution is 5.95. The van der Waals surface area contributed by atoms with Crippen molar-refractivity contribution in [3.8, 4) is 17.2 Å². The highest BCUT2D eigenvalue weighted by atomic mass is 16.6. The second-order valence-electron chi connectivity index (χ2n) is 5.49. The summed E-state index contributed by atoms with van der Waals surface area (Å²) in [5.41, 5.74) is 0.638. The Kier molecular flexibility index (Phi) is 6.56. The fourth-order valence-electron chi connectivity index (χ4n) is 2.44. The van der Waals surface area contributed by atoms with Crippen LogP contribution in [0.25, 0.3) is 0 Å². The number of rotatable bonds is 8. The number of nitro benzene ring substituents is 1. The van der Waals surface area contributed by atoms with Crippen LogP contribution in [0, 0.1) is 10.1 Å². The van der Waals surface area contributed by atoms with Gasteiger partial charge in [-0.15, -0.1) is 0 Å². The minimum Gasteiger partial charge on any atom is -0.493 e. The number of aliphatic hydroxyl groups is 1. The number of non-ortho nitro benzene ring substituents is 1. The number of nitrogens with zero attached hydrogens (tertiary/aromatic N) is 1. The number of nitro groups is 1. The second kappa shape index (κ2) is 8.86. The van der Waals surface area contributed by atoms with Crippen molar-refractivity contribution in [1.29, 1.82) is 0 Å². The first-order valence-corrected chi connectivity index (χ1v) is 7.91. The lowest BCUT2D eigenvalue weighted by Gasteiger charge is -2.15. The zero-order valence-corrected chi connectivity index (χ0v) is 15.1. The molecule has 1 amide bonds. The van der Waals surface area contributed by atoms with Gasteiger partial charge in [0.1, 0.15) is 0 Å². The SMILES string of the molecule is COc1cc(C(=O)NC[C@@H](O)c2ccc([N+](=O)[O-])cc2)cc(OC)c1OC. The van der Waals surface area contributed by atoms with E-state index < -0.39 is 16.9 Å². The maximum atomic E-state index is 12.4. The summed E-state index contributed by atoms with van der Waals surface area (Å²) in [6, 6.07) is 8.45. The van der Waals surface area contributed by atoms with Crippen LogP contribution in [0.2, 0.25) is 0 Å². The van der Waals surface area contributed by atoms with Gasteiger partial charge in [0, 0.05) is 24.2 Å². The highest BCUT2D eigenvalue weighted by Crippen LogP contribution is 2.38. The molecule has 0 aromatic heterocycles. The maximum absolute atomic E-state index is 12.4. The zero-order valence-electron chi connectivity index (χ0n) is 15.1. The molecule has 0 unspecified atom stereocenters. The van der Waals surface area contributed by atoms with Gasteiger partial charge in [-0.25, -0.2) is 0 Å². The van der Waals surface area contributed by atoms with Crippen LogP contribution in [0.15, 0.2) is 36.4 Å². The van der Waals surface area contributed by atoms with Gasteiger partial charge in [0.2, 0.25) is 5.75 Å². The molecule has 0 saturated heterocycles. The molecule has 9 heteroatoms. The van der Waals surface area contributed by atoms with Crippen molar-refractivity contribution >= 4 is 11.6 Å². The number of methoxy groups -OCH3 is 3. The monoisotopic (exact) mass is 376 g/mol. The molecule has 2 N–H and O–H groups in total. The van der Waals surface area contributed by atoms with Crippen LogP contribution >= 0.6 is 0 Å². The number of amides is 1. The van der Waals surface area contributed by atoms with Crippen LogP contribution < -0.4 is 19.5 Å². The molecule has 2 aromatic rings. The Hall–Kier alpha value is -3.33. The van der Waals surface area contributed by atoms with E-state index in [1.54, 1.807) is 0 Å². The van der Waals surface area contributed by atoms with E-state index in [2.05, 4.69) is 5.32 Å². The third-order valence-electron chi connectivity index (χ3n) is 3.87. The number of carbonyl (C=O) groups excluding carboxylic acids is 1. The molecule has 2 rings (SSSR count). The molecular weight excluding hydrogens is 356 g/mol. The van der Waals surface area contributed by atoms with Crippen molar-refractivity contribution in [2.24, 2.45) is 0 Å². The lowest BCUT2D eigenvalue weighted by atomic mass is 10.1. The first-order chi connectivity index (χ1) is 12.9. The third-order valence-corrected chi connectivity index (χ3v) is 3.87. The predicted octanol–water partition coefficient (Wildman–Crippen LogP) is 2.08. The average molecular weight is 376 g/mol. The van der Waals surface area contributed by atoms with Crippen LogP contribution in [0.1, 0.15) is 22.0 Å². The zero-order chi connectivity index (χ0) is 20.0. The Labute approximate surface area is 155 Å². The fraction of sp³-hybridized carbons (Fsp3) is 0.278. The van der Waals surface area contributed by atoms with Gasteiger partial charge in [-0.2, -0.15) is 0 Å². The van der Waals surface area contributed by atoms with Crippen LogP contribution in [-0.2, 0) is 0 Å². The van der Waals surface area contributed by atoms with Crippen molar-refractivity contribution in [2.45, 2.75) is 6.10 Å². The molecule has 0 aliphatic heterocycles. The second-order valence-corrected chi connectivity index (χ2v) is 5.49. The molecule has 27 heavy (non-hydrogen) atoms. The number of hydrogen-bond donors (Lipinski definition) is 2. The van der Waals surface area contributed by atoms with Gasteiger partial charge in [-0.3, -0.25) is 14.9 Å². The largest absolute Gasteiger partial charge is 0.493 e. The third kappa shape index (κ3) is 4.64. The first-order valence-electron chi connectivity index (χ1n) is 7.91. The molecule has 9 nitrogen and oxygen atoms in total. The van der Waals surface area contributed by atoms with Crippen molar-refractivity contribution in [2.75, 3.05) is 27.9 Å². The molecule has 0 spiro atoms. The van der Waals surface area contributed by atoms with Gasteiger partial charge >= 0.3 is 0 Å². The summed E-state index contributed by atoms with van der Waals surface area (Å²) in [5.74, 6) is 0.577. The average Bonchev–Trinajstić information content (AvgIpc) is 2.70. The van der Waals surface area contributed by atoms with E-state index in [9.17, 15) is 20.0 Å². The highest BCUT2D eigenvalue weighted by Gasteiger charge is 2.18. The van der Waals surface area contributed by atoms with Crippen LogP contribution in [0.3, 0.4) is 0 Å². The summed E-state index contributed by atoms with van der Waals surface area (Å²) in [7, 11) is 4.34. The molecule has 1 atom stereocenters. The van der Waals surface area contributed by atoms with Gasteiger partial charge in [-0.05, 0) is 29.8 Å². The predicted molar refractivity (Wildman–Crippen MR) is 96.5 cm³/mol. The minimum absolute atomic E-state index is 0.0761. The van der Waals surface area contributed by atoms with E-state index >= 15 is 0 Å². The van der Waals surface area contributed by atoms with E-state index in [0.29, 0.717) is 22.8 Å². The Morgan fingerprint density at radius 2 is 1.67 bits per heavy atom. The van der Waals surface area contributed by atoms with Gasteiger partial charge < -0.3 is 24.6 Å². The van der Waals surface area contributed by atoms with E-state index in [1.807, 2.05) is 0 Å². The van der Waals surface area contributed by atoms with E-state index in [0.717, 1.165) is 0 Å². The molecule has 0 radical (unpaired) electrons. The van der Waals surface area contributed by atoms with E-state index in [-0.39, 0.29) is 17.8 Å². The molecule has 0 aliphatic rings. The van der Waals surface area contributed by atoms with E-state index in [4.69, 9.17) is 14.2 Å². The Morgan fingerprint density at radius 1 is 1.11 bits per heavy atom. The number of hydrogen-bond acceptors (Lipinski definition) is 7. The first kappa shape index (κ1) is 20.0. The van der Waals surface area contributed by atoms with E-state index in [1.165, 1.54) is 57.7 Å². The normalized spacial score (nSPS) is 11.4. The molecule has 0 saturated carbocycles. The number of carbonyl (C=O) groups is 1. The standard InChI is InChI=1S/C18H20N2O7/c1-25-15-8-12(9-16(26-2)17(15)27-3)18(22)19-10-14(21)11-4-6-13(7-5-11)20(23)24/h4-9,14,21H,10H2,1-3H3,(H,19,22)/t14-/m1/s1. The van der Waals surface area contributed by atoms with Gasteiger partial charge in [-0.1, -0.05) is 0 Å². The maximum Gasteiger partial charge on any atom is 0.269 e. The lowest BCUT2D eigenvalue weighted by Crippen LogP contribution is -2.28. The number of ether oxygens (including phenoxy) is 3. The molecule has 0 bridgehead atoms. The quantitative estimate of drug-likeness (QED) is 0.534. The topological polar surface area (TPSA) is 120 Å². The minimum atomic E-state index is -1.02. The smallest absolute Gasteiger partial charge is 0.269 e. The van der Waals surface area contributed by atoms with Crippen molar-refractivity contribution in [1.82, 2.24) is 5.32 Å². The van der Waals surface area contributed by atoms with Gasteiger partial charge in [0.25, 0.3) is 11.6 Å². The number of benzene rings is 2. The summed E-state index contributed by atoms with van der Waals surface area (Å²) < 4.78 is 15.6. The molecule has 0 fully saturated rings. The van der Waals surface area contributed by atoms with Gasteiger partial charge in [0.15, 0.2) is 11.5 Å². The van der Waals surface area contributed by atoms with Crippen LogP contribution in [-0.4, -0.2) is 43.8 Å². The summed E-state index contributed by atoms with van der Waals surface area (Å²) >= 11 is 0. The van der Waals surface area contributed by atoms with Crippen molar-refractivity contribution in [3.63, 3.8) is 0 Å². The summed E-state index contributed by atoms with van der Waals surface area (Å²) in [6.07, 6.45) is -1.02. The van der Waals surface area contributed by atoms with Crippen LogP contribution in [0.4, 0.5) is 5.69 Å². The summed E-state index contributed by atoms with van der Waals surface area (Å²) in [5, 5.41) is 23.4. The molecule has 144 valence electrons. The lowest BCUT2D eigenvalue weighted by molar-refractivity contribution is -0.384. The number of aliphatic hydroxyl groups excluding tert-OH is 1. The Balaban J connectivity index is 2.09. The molecule has 0 heterocycles. The Bertz CT molecular complexity index is 796. The number of nitrogens with one attached hydrogen (secondary N) is 1. The Morgan fingerprint density at radius 3 is 2.11 bits per heavy atom. The summed E-state index contributed by atoms with van der Waals surface area (Å²) in [6.45, 7) is -0.0761. The van der Waals surface area contributed by atoms with Gasteiger partial charge in [0.05, 0.1) is 32.4 Å². The fourth-order valence-corrected chi connectivity index (χ4v) is 2.44. The molecule has 2 aromatic carbocycles. The summed E-state index contributed by atoms with van der Waals surface area (Å²) in [4.78, 5) is 22.5. The van der Waals surface area contributed by atoms with Crippen molar-refractivity contribution in [3.05, 3.63) is 57.6 Å². The van der Waals surface area contributed by atoms with Crippen molar-refractivity contribution < 1.29 is 29.0 Å². The van der Waals surface area contributed by atoms with Crippen LogP contribution in [0.5, 0.6) is 17.2 Å².